The third-order valence-corrected chi connectivity index (χ3v) is 7.08. The second-order valence-electron chi connectivity index (χ2n) is 7.21. The van der Waals surface area contributed by atoms with Gasteiger partial charge in [0.25, 0.3) is 0 Å². The van der Waals surface area contributed by atoms with Crippen molar-refractivity contribution in [1.82, 2.24) is 10.2 Å². The summed E-state index contributed by atoms with van der Waals surface area (Å²) < 4.78 is 6.53. The van der Waals surface area contributed by atoms with Crippen LogP contribution in [0.2, 0.25) is 5.02 Å². The second kappa shape index (κ2) is 10.3. The van der Waals surface area contributed by atoms with E-state index < -0.39 is 5.92 Å². The lowest BCUT2D eigenvalue weighted by molar-refractivity contribution is -0.122. The molecule has 3 aromatic rings. The third-order valence-electron chi connectivity index (χ3n) is 4.91. The Labute approximate surface area is 199 Å². The highest BCUT2D eigenvalue weighted by Gasteiger charge is 2.35. The van der Waals surface area contributed by atoms with Crippen LogP contribution in [0.3, 0.4) is 0 Å². The van der Waals surface area contributed by atoms with Crippen LogP contribution in [-0.4, -0.2) is 40.9 Å². The number of anilines is 2. The van der Waals surface area contributed by atoms with Crippen LogP contribution in [0.4, 0.5) is 10.8 Å². The summed E-state index contributed by atoms with van der Waals surface area (Å²) in [4.78, 5) is 26.6. The Hall–Kier alpha value is -2.62. The summed E-state index contributed by atoms with van der Waals surface area (Å²) >= 11 is 8.85. The van der Waals surface area contributed by atoms with Crippen molar-refractivity contribution < 1.29 is 14.3 Å². The van der Waals surface area contributed by atoms with Crippen LogP contribution < -0.4 is 15.0 Å². The predicted molar refractivity (Wildman–Crippen MR) is 128 cm³/mol. The largest absolute Gasteiger partial charge is 0.492 e. The summed E-state index contributed by atoms with van der Waals surface area (Å²) in [5.74, 6) is 0.788. The molecule has 1 atom stereocenters. The SMILES string of the molecule is Cc1ccccc1OCCSc1nnc(NC(=O)C2CC(=O)N(c3cccc(Cl)c3)C2)s1. The normalized spacial score (nSPS) is 15.8. The van der Waals surface area contributed by atoms with E-state index in [1.165, 1.54) is 23.1 Å². The minimum absolute atomic E-state index is 0.102. The highest BCUT2D eigenvalue weighted by Crippen LogP contribution is 2.29. The first-order chi connectivity index (χ1) is 15.5. The van der Waals surface area contributed by atoms with Crippen LogP contribution in [0.5, 0.6) is 5.75 Å². The zero-order chi connectivity index (χ0) is 22.5. The van der Waals surface area contributed by atoms with Crippen molar-refractivity contribution >= 4 is 57.3 Å². The van der Waals surface area contributed by atoms with Gasteiger partial charge in [-0.15, -0.1) is 10.2 Å². The molecule has 1 unspecified atom stereocenters. The number of nitrogens with zero attached hydrogens (tertiary/aromatic N) is 3. The van der Waals surface area contributed by atoms with Gasteiger partial charge in [0.2, 0.25) is 16.9 Å². The van der Waals surface area contributed by atoms with Gasteiger partial charge in [-0.2, -0.15) is 0 Å². The number of amides is 2. The first-order valence-corrected chi connectivity index (χ1v) is 12.2. The lowest BCUT2D eigenvalue weighted by Gasteiger charge is -2.16. The van der Waals surface area contributed by atoms with Gasteiger partial charge in [-0.3, -0.25) is 9.59 Å². The van der Waals surface area contributed by atoms with Gasteiger partial charge in [0.05, 0.1) is 12.5 Å². The van der Waals surface area contributed by atoms with Crippen LogP contribution in [0.1, 0.15) is 12.0 Å². The molecule has 1 aliphatic heterocycles. The maximum Gasteiger partial charge on any atom is 0.231 e. The molecule has 2 amide bonds. The molecule has 0 bridgehead atoms. The average Bonchev–Trinajstić information content (AvgIpc) is 3.39. The highest BCUT2D eigenvalue weighted by atomic mass is 35.5. The van der Waals surface area contributed by atoms with Crippen molar-refractivity contribution in [2.24, 2.45) is 5.92 Å². The molecule has 7 nitrogen and oxygen atoms in total. The van der Waals surface area contributed by atoms with E-state index in [0.717, 1.165) is 15.7 Å². The Morgan fingerprint density at radius 3 is 2.94 bits per heavy atom. The number of aryl methyl sites for hydroxylation is 1. The quantitative estimate of drug-likeness (QED) is 0.282. The Balaban J connectivity index is 1.25. The molecule has 0 spiro atoms. The number of hydrogen-bond donors (Lipinski definition) is 1. The lowest BCUT2D eigenvalue weighted by Crippen LogP contribution is -2.28. The van der Waals surface area contributed by atoms with Gasteiger partial charge < -0.3 is 15.0 Å². The van der Waals surface area contributed by atoms with Crippen LogP contribution >= 0.6 is 34.7 Å². The van der Waals surface area contributed by atoms with Gasteiger partial charge in [-0.1, -0.05) is 59.0 Å². The summed E-state index contributed by atoms with van der Waals surface area (Å²) in [6, 6.07) is 14.9. The molecule has 1 fully saturated rings. The summed E-state index contributed by atoms with van der Waals surface area (Å²) in [5.41, 5.74) is 1.79. The van der Waals surface area contributed by atoms with E-state index in [9.17, 15) is 9.59 Å². The maximum atomic E-state index is 12.7. The minimum atomic E-state index is -0.455. The van der Waals surface area contributed by atoms with Gasteiger partial charge in [-0.05, 0) is 36.8 Å². The standard InChI is InChI=1S/C22H21ClN4O3S2/c1-14-5-2-3-8-18(14)30-9-10-31-22-26-25-21(32-22)24-20(29)15-11-19(28)27(13-15)17-7-4-6-16(23)12-17/h2-8,12,15H,9-11,13H2,1H3,(H,24,25,29). The number of carbonyl (C=O) groups excluding carboxylic acids is 2. The molecule has 2 heterocycles. The molecular formula is C22H21ClN4O3S2. The zero-order valence-corrected chi connectivity index (χ0v) is 19.7. The van der Waals surface area contributed by atoms with Crippen molar-refractivity contribution in [1.29, 1.82) is 0 Å². The number of aromatic nitrogens is 2. The van der Waals surface area contributed by atoms with Crippen molar-refractivity contribution in [3.05, 3.63) is 59.1 Å². The lowest BCUT2D eigenvalue weighted by atomic mass is 10.1. The molecule has 0 saturated carbocycles. The number of hydrogen-bond acceptors (Lipinski definition) is 7. The van der Waals surface area contributed by atoms with E-state index in [-0.39, 0.29) is 18.2 Å². The number of thioether (sulfide) groups is 1. The molecule has 1 saturated heterocycles. The molecule has 0 radical (unpaired) electrons. The van der Waals surface area contributed by atoms with E-state index in [1.807, 2.05) is 31.2 Å². The van der Waals surface area contributed by atoms with Gasteiger partial charge in [0.1, 0.15) is 5.75 Å². The molecule has 0 aliphatic carbocycles. The Morgan fingerprint density at radius 2 is 2.12 bits per heavy atom. The first kappa shape index (κ1) is 22.6. The molecule has 10 heteroatoms. The summed E-state index contributed by atoms with van der Waals surface area (Å²) in [5, 5.41) is 11.9. The zero-order valence-electron chi connectivity index (χ0n) is 17.3. The van der Waals surface area contributed by atoms with Crippen molar-refractivity contribution in [3.8, 4) is 5.75 Å². The van der Waals surface area contributed by atoms with Crippen LogP contribution in [0, 0.1) is 12.8 Å². The second-order valence-corrected chi connectivity index (χ2v) is 9.97. The molecule has 1 aromatic heterocycles. The molecule has 166 valence electrons. The van der Waals surface area contributed by atoms with E-state index in [4.69, 9.17) is 16.3 Å². The fourth-order valence-electron chi connectivity index (χ4n) is 3.30. The Bertz CT molecular complexity index is 1120. The van der Waals surface area contributed by atoms with Crippen LogP contribution in [0.25, 0.3) is 0 Å². The number of carbonyl (C=O) groups is 2. The fraction of sp³-hybridized carbons (Fsp3) is 0.273. The Morgan fingerprint density at radius 1 is 1.28 bits per heavy atom. The van der Waals surface area contributed by atoms with E-state index in [2.05, 4.69) is 15.5 Å². The van der Waals surface area contributed by atoms with E-state index in [0.29, 0.717) is 34.7 Å². The third kappa shape index (κ3) is 5.59. The maximum absolute atomic E-state index is 12.7. The summed E-state index contributed by atoms with van der Waals surface area (Å²) in [6.07, 6.45) is 0.148. The molecular weight excluding hydrogens is 468 g/mol. The van der Waals surface area contributed by atoms with Gasteiger partial charge in [-0.25, -0.2) is 0 Å². The number of halogens is 1. The van der Waals surface area contributed by atoms with Crippen molar-refractivity contribution in [3.63, 3.8) is 0 Å². The van der Waals surface area contributed by atoms with Crippen LogP contribution in [0.15, 0.2) is 52.9 Å². The minimum Gasteiger partial charge on any atom is -0.492 e. The topological polar surface area (TPSA) is 84.4 Å². The number of para-hydroxylation sites is 1. The van der Waals surface area contributed by atoms with Crippen LogP contribution in [-0.2, 0) is 9.59 Å². The van der Waals surface area contributed by atoms with Gasteiger partial charge in [0, 0.05) is 29.4 Å². The Kier molecular flexibility index (Phi) is 7.29. The summed E-state index contributed by atoms with van der Waals surface area (Å²) in [6.45, 7) is 2.86. The highest BCUT2D eigenvalue weighted by molar-refractivity contribution is 8.01. The smallest absolute Gasteiger partial charge is 0.231 e. The predicted octanol–water partition coefficient (Wildman–Crippen LogP) is 4.66. The molecule has 32 heavy (non-hydrogen) atoms. The number of nitrogens with one attached hydrogen (secondary N) is 1. The first-order valence-electron chi connectivity index (χ1n) is 10.0. The van der Waals surface area contributed by atoms with Crippen molar-refractivity contribution in [2.75, 3.05) is 29.1 Å². The number of ether oxygens (including phenoxy) is 1. The molecule has 2 aromatic carbocycles. The van der Waals surface area contributed by atoms with E-state index in [1.54, 1.807) is 29.2 Å². The molecule has 1 aliphatic rings. The average molecular weight is 489 g/mol. The molecule has 1 N–H and O–H groups in total. The van der Waals surface area contributed by atoms with Gasteiger partial charge in [0.15, 0.2) is 4.34 Å². The van der Waals surface area contributed by atoms with E-state index >= 15 is 0 Å². The molecule has 4 rings (SSSR count). The monoisotopic (exact) mass is 488 g/mol. The van der Waals surface area contributed by atoms with Gasteiger partial charge >= 0.3 is 0 Å². The summed E-state index contributed by atoms with van der Waals surface area (Å²) in [7, 11) is 0. The fourth-order valence-corrected chi connectivity index (χ4v) is 5.13. The van der Waals surface area contributed by atoms with Crippen molar-refractivity contribution in [2.45, 2.75) is 17.7 Å². The number of benzene rings is 2. The number of rotatable bonds is 8.